The molecule has 1 aliphatic heterocycles. The van der Waals surface area contributed by atoms with Gasteiger partial charge in [-0.25, -0.2) is 4.98 Å². The number of aliphatic carboxylic acids is 1. The van der Waals surface area contributed by atoms with Crippen LogP contribution in [0.15, 0.2) is 12.5 Å². The quantitative estimate of drug-likeness (QED) is 0.753. The molecule has 82 valence electrons. The Morgan fingerprint density at radius 3 is 2.80 bits per heavy atom. The van der Waals surface area contributed by atoms with Crippen molar-refractivity contribution in [1.29, 1.82) is 0 Å². The van der Waals surface area contributed by atoms with Gasteiger partial charge >= 0.3 is 5.97 Å². The van der Waals surface area contributed by atoms with Crippen molar-refractivity contribution in [1.82, 2.24) is 14.5 Å². The fourth-order valence-electron chi connectivity index (χ4n) is 2.28. The van der Waals surface area contributed by atoms with Gasteiger partial charge in [0.15, 0.2) is 0 Å². The predicted molar refractivity (Wildman–Crippen MR) is 54.6 cm³/mol. The summed E-state index contributed by atoms with van der Waals surface area (Å²) in [6.07, 6.45) is 3.48. The molecular weight excluding hydrogens is 194 g/mol. The van der Waals surface area contributed by atoms with Crippen LogP contribution < -0.4 is 0 Å². The lowest BCUT2D eigenvalue weighted by Gasteiger charge is -2.14. The summed E-state index contributed by atoms with van der Waals surface area (Å²) in [4.78, 5) is 17.2. The summed E-state index contributed by atoms with van der Waals surface area (Å²) in [6, 6.07) is 0. The van der Waals surface area contributed by atoms with Crippen LogP contribution in [-0.2, 0) is 11.8 Å². The zero-order valence-corrected chi connectivity index (χ0v) is 8.92. The Bertz CT molecular complexity index is 374. The van der Waals surface area contributed by atoms with Gasteiger partial charge in [-0.1, -0.05) is 0 Å². The zero-order valence-electron chi connectivity index (χ0n) is 8.92. The van der Waals surface area contributed by atoms with Gasteiger partial charge in [-0.15, -0.1) is 0 Å². The minimum atomic E-state index is -0.717. The normalized spacial score (nSPS) is 27.1. The first-order valence-corrected chi connectivity index (χ1v) is 4.97. The molecule has 2 heterocycles. The molecule has 1 aliphatic rings. The first-order chi connectivity index (χ1) is 7.09. The number of imidazole rings is 1. The molecule has 2 atom stereocenters. The van der Waals surface area contributed by atoms with Gasteiger partial charge < -0.3 is 14.6 Å². The number of aryl methyl sites for hydroxylation is 1. The van der Waals surface area contributed by atoms with Crippen molar-refractivity contribution in [3.63, 3.8) is 0 Å². The summed E-state index contributed by atoms with van der Waals surface area (Å²) in [5.74, 6) is -0.976. The lowest BCUT2D eigenvalue weighted by molar-refractivity contribution is -0.141. The maximum atomic E-state index is 11.1. The Balaban J connectivity index is 2.28. The molecule has 0 spiro atoms. The molecule has 1 aromatic heterocycles. The first-order valence-electron chi connectivity index (χ1n) is 4.97. The van der Waals surface area contributed by atoms with Crippen LogP contribution in [0, 0.1) is 5.92 Å². The highest BCUT2D eigenvalue weighted by molar-refractivity contribution is 5.72. The average molecular weight is 209 g/mol. The minimum Gasteiger partial charge on any atom is -0.481 e. The molecule has 0 amide bonds. The Morgan fingerprint density at radius 2 is 2.27 bits per heavy atom. The second-order valence-corrected chi connectivity index (χ2v) is 4.20. The molecular formula is C10H15N3O2. The maximum Gasteiger partial charge on any atom is 0.308 e. The second kappa shape index (κ2) is 3.66. The smallest absolute Gasteiger partial charge is 0.308 e. The zero-order chi connectivity index (χ0) is 11.0. The number of likely N-dealkylation sites (N-methyl/N-ethyl adjacent to an activating group) is 1. The summed E-state index contributed by atoms with van der Waals surface area (Å²) in [7, 11) is 3.85. The summed E-state index contributed by atoms with van der Waals surface area (Å²) >= 11 is 0. The number of carbonyl (C=O) groups is 1. The largest absolute Gasteiger partial charge is 0.481 e. The molecule has 2 rings (SSSR count). The number of likely N-dealkylation sites (tertiary alicyclic amines) is 1. The van der Waals surface area contributed by atoms with Crippen LogP contribution in [0.3, 0.4) is 0 Å². The van der Waals surface area contributed by atoms with Crippen LogP contribution in [0.2, 0.25) is 0 Å². The molecule has 1 saturated heterocycles. The SMILES string of the molecule is CN1C[C@H](C(=O)O)[C@@H](c2cncn2C)C1. The molecule has 0 aromatic carbocycles. The Hall–Kier alpha value is -1.36. The van der Waals surface area contributed by atoms with Gasteiger partial charge in [-0.2, -0.15) is 0 Å². The van der Waals surface area contributed by atoms with Crippen LogP contribution in [0.25, 0.3) is 0 Å². The third-order valence-electron chi connectivity index (χ3n) is 3.05. The summed E-state index contributed by atoms with van der Waals surface area (Å²) in [5.41, 5.74) is 1.01. The third-order valence-corrected chi connectivity index (χ3v) is 3.05. The first kappa shape index (κ1) is 10.2. The Kier molecular flexibility index (Phi) is 2.48. The van der Waals surface area contributed by atoms with E-state index in [1.807, 2.05) is 18.7 Å². The molecule has 1 aromatic rings. The fraction of sp³-hybridized carbons (Fsp3) is 0.600. The van der Waals surface area contributed by atoms with E-state index in [1.165, 1.54) is 0 Å². The van der Waals surface area contributed by atoms with Gasteiger partial charge in [0.25, 0.3) is 0 Å². The van der Waals surface area contributed by atoms with E-state index in [0.29, 0.717) is 6.54 Å². The number of hydrogen-bond donors (Lipinski definition) is 1. The number of carboxylic acids is 1. The number of nitrogens with zero attached hydrogens (tertiary/aromatic N) is 3. The number of aromatic nitrogens is 2. The standard InChI is InChI=1S/C10H15N3O2/c1-12-4-7(8(5-12)10(14)15)9-3-11-6-13(9)2/h3,6-8H,4-5H2,1-2H3,(H,14,15)/t7-,8-/m0/s1. The predicted octanol–water partition coefficient (Wildman–Crippen LogP) is 0.150. The molecule has 0 saturated carbocycles. The van der Waals surface area contributed by atoms with E-state index in [4.69, 9.17) is 5.11 Å². The number of carboxylic acid groups (broad SMARTS) is 1. The van der Waals surface area contributed by atoms with Crippen LogP contribution in [0.1, 0.15) is 11.6 Å². The Labute approximate surface area is 88.3 Å². The van der Waals surface area contributed by atoms with E-state index in [1.54, 1.807) is 12.5 Å². The molecule has 0 aliphatic carbocycles. The second-order valence-electron chi connectivity index (χ2n) is 4.20. The van der Waals surface area contributed by atoms with Gasteiger partial charge in [0.05, 0.1) is 12.2 Å². The lowest BCUT2D eigenvalue weighted by atomic mass is 9.93. The van der Waals surface area contributed by atoms with E-state index in [0.717, 1.165) is 12.2 Å². The van der Waals surface area contributed by atoms with Gasteiger partial charge in [0, 0.05) is 37.9 Å². The van der Waals surface area contributed by atoms with Crippen molar-refractivity contribution in [2.24, 2.45) is 13.0 Å². The van der Waals surface area contributed by atoms with E-state index in [2.05, 4.69) is 9.88 Å². The van der Waals surface area contributed by atoms with Crippen LogP contribution >= 0.6 is 0 Å². The van der Waals surface area contributed by atoms with Crippen molar-refractivity contribution >= 4 is 5.97 Å². The topological polar surface area (TPSA) is 58.4 Å². The van der Waals surface area contributed by atoms with Crippen molar-refractivity contribution in [2.75, 3.05) is 20.1 Å². The molecule has 5 heteroatoms. The van der Waals surface area contributed by atoms with Crippen LogP contribution in [0.5, 0.6) is 0 Å². The molecule has 0 radical (unpaired) electrons. The monoisotopic (exact) mass is 209 g/mol. The van der Waals surface area contributed by atoms with Gasteiger partial charge in [-0.3, -0.25) is 4.79 Å². The number of rotatable bonds is 2. The average Bonchev–Trinajstić information content (AvgIpc) is 2.71. The molecule has 1 N–H and O–H groups in total. The molecule has 15 heavy (non-hydrogen) atoms. The van der Waals surface area contributed by atoms with Crippen LogP contribution in [0.4, 0.5) is 0 Å². The fourth-order valence-corrected chi connectivity index (χ4v) is 2.28. The summed E-state index contributed by atoms with van der Waals surface area (Å²) in [5, 5.41) is 9.13. The van der Waals surface area contributed by atoms with E-state index in [-0.39, 0.29) is 11.8 Å². The molecule has 1 fully saturated rings. The highest BCUT2D eigenvalue weighted by Crippen LogP contribution is 2.31. The molecule has 0 unspecified atom stereocenters. The van der Waals surface area contributed by atoms with Crippen molar-refractivity contribution < 1.29 is 9.90 Å². The number of hydrogen-bond acceptors (Lipinski definition) is 3. The maximum absolute atomic E-state index is 11.1. The van der Waals surface area contributed by atoms with E-state index < -0.39 is 5.97 Å². The Morgan fingerprint density at radius 1 is 1.53 bits per heavy atom. The lowest BCUT2D eigenvalue weighted by Crippen LogP contribution is -2.22. The van der Waals surface area contributed by atoms with E-state index in [9.17, 15) is 4.79 Å². The van der Waals surface area contributed by atoms with Crippen molar-refractivity contribution in [3.05, 3.63) is 18.2 Å². The highest BCUT2D eigenvalue weighted by Gasteiger charge is 2.38. The van der Waals surface area contributed by atoms with Crippen molar-refractivity contribution in [3.8, 4) is 0 Å². The molecule has 5 nitrogen and oxygen atoms in total. The van der Waals surface area contributed by atoms with Crippen molar-refractivity contribution in [2.45, 2.75) is 5.92 Å². The van der Waals surface area contributed by atoms with E-state index >= 15 is 0 Å². The molecule has 0 bridgehead atoms. The summed E-state index contributed by atoms with van der Waals surface area (Å²) in [6.45, 7) is 1.40. The van der Waals surface area contributed by atoms with Gasteiger partial charge in [0.2, 0.25) is 0 Å². The van der Waals surface area contributed by atoms with Crippen LogP contribution in [-0.4, -0.2) is 45.7 Å². The minimum absolute atomic E-state index is 0.0556. The highest BCUT2D eigenvalue weighted by atomic mass is 16.4. The van der Waals surface area contributed by atoms with Gasteiger partial charge in [-0.05, 0) is 7.05 Å². The summed E-state index contributed by atoms with van der Waals surface area (Å²) < 4.78 is 1.90. The third kappa shape index (κ3) is 1.74. The van der Waals surface area contributed by atoms with Gasteiger partial charge in [0.1, 0.15) is 0 Å².